The van der Waals surface area contributed by atoms with Gasteiger partial charge in [0, 0.05) is 0 Å². The zero-order valence-electron chi connectivity index (χ0n) is 14.6. The van der Waals surface area contributed by atoms with Crippen LogP contribution < -0.4 is 0 Å². The molecule has 2 heteroatoms. The van der Waals surface area contributed by atoms with Crippen molar-refractivity contribution in [2.75, 3.05) is 0 Å². The van der Waals surface area contributed by atoms with Gasteiger partial charge in [-0.1, -0.05) is 55.5 Å². The Bertz CT molecular complexity index is 631. The minimum atomic E-state index is -0.454. The summed E-state index contributed by atoms with van der Waals surface area (Å²) in [6, 6.07) is 17.0. The first kappa shape index (κ1) is 17.3. The predicted molar refractivity (Wildman–Crippen MR) is 94.3 cm³/mol. The van der Waals surface area contributed by atoms with Gasteiger partial charge >= 0.3 is 5.97 Å². The maximum absolute atomic E-state index is 11.8. The molecule has 0 spiro atoms. The molecule has 2 rings (SSSR count). The van der Waals surface area contributed by atoms with Gasteiger partial charge in [0.1, 0.15) is 6.61 Å². The van der Waals surface area contributed by atoms with E-state index in [1.54, 1.807) is 0 Å². The highest BCUT2D eigenvalue weighted by molar-refractivity contribution is 5.75. The van der Waals surface area contributed by atoms with Crippen LogP contribution in [0.1, 0.15) is 49.9 Å². The Labute approximate surface area is 139 Å². The zero-order valence-corrected chi connectivity index (χ0v) is 14.6. The minimum Gasteiger partial charge on any atom is -0.460 e. The summed E-state index contributed by atoms with van der Waals surface area (Å²) in [6.07, 6.45) is 1.99. The van der Waals surface area contributed by atoms with Crippen LogP contribution in [0.2, 0.25) is 0 Å². The normalized spacial score (nSPS) is 11.3. The van der Waals surface area contributed by atoms with E-state index >= 15 is 0 Å². The lowest BCUT2D eigenvalue weighted by Gasteiger charge is -2.16. The summed E-state index contributed by atoms with van der Waals surface area (Å²) in [7, 11) is 0. The van der Waals surface area contributed by atoms with Gasteiger partial charge in [0.2, 0.25) is 0 Å². The van der Waals surface area contributed by atoms with Crippen LogP contribution in [0, 0.1) is 5.41 Å². The molecule has 23 heavy (non-hydrogen) atoms. The molecule has 0 aromatic heterocycles. The van der Waals surface area contributed by atoms with Crippen LogP contribution in [0.5, 0.6) is 0 Å². The topological polar surface area (TPSA) is 26.3 Å². The quantitative estimate of drug-likeness (QED) is 0.732. The third kappa shape index (κ3) is 5.24. The zero-order chi connectivity index (χ0) is 16.9. The molecule has 0 fully saturated rings. The number of hydrogen-bond acceptors (Lipinski definition) is 2. The van der Waals surface area contributed by atoms with Crippen LogP contribution in [-0.4, -0.2) is 5.97 Å². The monoisotopic (exact) mass is 310 g/mol. The summed E-state index contributed by atoms with van der Waals surface area (Å²) in [5, 5.41) is 0. The molecule has 0 aliphatic carbocycles. The van der Waals surface area contributed by atoms with Gasteiger partial charge < -0.3 is 4.74 Å². The van der Waals surface area contributed by atoms with Crippen LogP contribution in [0.25, 0.3) is 0 Å². The van der Waals surface area contributed by atoms with Crippen molar-refractivity contribution in [1.29, 1.82) is 0 Å². The molecule has 0 saturated carbocycles. The third-order valence-electron chi connectivity index (χ3n) is 3.84. The highest BCUT2D eigenvalue weighted by atomic mass is 16.5. The van der Waals surface area contributed by atoms with Crippen molar-refractivity contribution in [3.8, 4) is 0 Å². The van der Waals surface area contributed by atoms with Crippen LogP contribution in [0.15, 0.2) is 48.5 Å². The van der Waals surface area contributed by atoms with E-state index in [1.807, 2.05) is 32.9 Å². The van der Waals surface area contributed by atoms with E-state index in [9.17, 15) is 4.79 Å². The highest BCUT2D eigenvalue weighted by Crippen LogP contribution is 2.17. The Morgan fingerprint density at radius 1 is 0.826 bits per heavy atom. The number of hydrogen-bond donors (Lipinski definition) is 0. The Morgan fingerprint density at radius 2 is 1.26 bits per heavy atom. The summed E-state index contributed by atoms with van der Waals surface area (Å²) >= 11 is 0. The van der Waals surface area contributed by atoms with Gasteiger partial charge in [0.15, 0.2) is 0 Å². The molecule has 2 nitrogen and oxygen atoms in total. The summed E-state index contributed by atoms with van der Waals surface area (Å²) in [4.78, 5) is 11.8. The molecule has 122 valence electrons. The number of carbonyl (C=O) groups excluding carboxylic acids is 1. The van der Waals surface area contributed by atoms with Gasteiger partial charge in [-0.2, -0.15) is 0 Å². The Morgan fingerprint density at radius 3 is 1.70 bits per heavy atom. The molecule has 0 amide bonds. The Kier molecular flexibility index (Phi) is 5.59. The molecule has 0 aliphatic rings. The van der Waals surface area contributed by atoms with Gasteiger partial charge in [-0.25, -0.2) is 0 Å². The van der Waals surface area contributed by atoms with Crippen LogP contribution >= 0.6 is 0 Å². The van der Waals surface area contributed by atoms with E-state index in [1.165, 1.54) is 16.7 Å². The highest BCUT2D eigenvalue weighted by Gasteiger charge is 2.22. The van der Waals surface area contributed by atoms with E-state index in [0.29, 0.717) is 6.61 Å². The van der Waals surface area contributed by atoms with Crippen LogP contribution in [0.3, 0.4) is 0 Å². The van der Waals surface area contributed by atoms with E-state index in [-0.39, 0.29) is 5.97 Å². The molecular formula is C21H26O2. The lowest BCUT2D eigenvalue weighted by molar-refractivity contribution is -0.154. The molecule has 0 heterocycles. The van der Waals surface area contributed by atoms with Crippen molar-refractivity contribution in [2.24, 2.45) is 5.41 Å². The Hall–Kier alpha value is -2.09. The van der Waals surface area contributed by atoms with Crippen molar-refractivity contribution < 1.29 is 9.53 Å². The van der Waals surface area contributed by atoms with Crippen molar-refractivity contribution in [3.63, 3.8) is 0 Å². The Balaban J connectivity index is 1.92. The van der Waals surface area contributed by atoms with Crippen molar-refractivity contribution in [2.45, 2.75) is 47.1 Å². The fourth-order valence-electron chi connectivity index (χ4n) is 2.25. The average molecular weight is 310 g/mol. The second kappa shape index (κ2) is 7.45. The maximum atomic E-state index is 11.8. The first-order valence-electron chi connectivity index (χ1n) is 8.21. The lowest BCUT2D eigenvalue weighted by Crippen LogP contribution is -2.22. The van der Waals surface area contributed by atoms with Crippen molar-refractivity contribution >= 4 is 5.97 Å². The first-order valence-corrected chi connectivity index (χ1v) is 8.21. The maximum Gasteiger partial charge on any atom is 0.311 e. The summed E-state index contributed by atoms with van der Waals surface area (Å²) < 4.78 is 5.34. The minimum absolute atomic E-state index is 0.169. The van der Waals surface area contributed by atoms with Crippen LogP contribution in [0.4, 0.5) is 0 Å². The fourth-order valence-corrected chi connectivity index (χ4v) is 2.25. The molecule has 0 saturated heterocycles. The van der Waals surface area contributed by atoms with E-state index in [4.69, 9.17) is 4.74 Å². The number of esters is 1. The SMILES string of the molecule is CCc1ccc(Cc2ccc(COC(=O)C(C)(C)C)cc2)cc1. The number of ether oxygens (including phenoxy) is 1. The van der Waals surface area contributed by atoms with Crippen LogP contribution in [-0.2, 0) is 29.0 Å². The smallest absolute Gasteiger partial charge is 0.311 e. The first-order chi connectivity index (χ1) is 10.9. The average Bonchev–Trinajstić information content (AvgIpc) is 2.53. The third-order valence-corrected chi connectivity index (χ3v) is 3.84. The second-order valence-corrected chi connectivity index (χ2v) is 6.99. The lowest BCUT2D eigenvalue weighted by atomic mass is 9.97. The van der Waals surface area contributed by atoms with Crippen molar-refractivity contribution in [3.05, 3.63) is 70.8 Å². The molecule has 2 aromatic carbocycles. The molecule has 0 N–H and O–H groups in total. The van der Waals surface area contributed by atoms with E-state index in [0.717, 1.165) is 18.4 Å². The number of aryl methyl sites for hydroxylation is 1. The van der Waals surface area contributed by atoms with E-state index in [2.05, 4.69) is 43.3 Å². The number of rotatable bonds is 5. The van der Waals surface area contributed by atoms with Gasteiger partial charge in [0.25, 0.3) is 0 Å². The largest absolute Gasteiger partial charge is 0.460 e. The molecule has 2 aromatic rings. The van der Waals surface area contributed by atoms with Gasteiger partial charge in [-0.15, -0.1) is 0 Å². The van der Waals surface area contributed by atoms with Gasteiger partial charge in [-0.3, -0.25) is 4.79 Å². The number of benzene rings is 2. The fraction of sp³-hybridized carbons (Fsp3) is 0.381. The molecule has 0 atom stereocenters. The second-order valence-electron chi connectivity index (χ2n) is 6.99. The summed E-state index contributed by atoms with van der Waals surface area (Å²) in [6.45, 7) is 8.09. The van der Waals surface area contributed by atoms with Crippen molar-refractivity contribution in [1.82, 2.24) is 0 Å². The molecule has 0 radical (unpaired) electrons. The summed E-state index contributed by atoms with van der Waals surface area (Å²) in [5.74, 6) is -0.169. The number of carbonyl (C=O) groups is 1. The van der Waals surface area contributed by atoms with E-state index < -0.39 is 5.41 Å². The molecule has 0 unspecified atom stereocenters. The summed E-state index contributed by atoms with van der Waals surface area (Å²) in [5.41, 5.74) is 4.51. The van der Waals surface area contributed by atoms with Gasteiger partial charge in [0.05, 0.1) is 5.41 Å². The standard InChI is InChI=1S/C21H26O2/c1-5-16-6-8-17(9-7-16)14-18-10-12-19(13-11-18)15-23-20(22)21(2,3)4/h6-13H,5,14-15H2,1-4H3. The predicted octanol–water partition coefficient (Wildman–Crippen LogP) is 4.93. The molecule has 0 aliphatic heterocycles. The molecule has 0 bridgehead atoms. The van der Waals surface area contributed by atoms with Gasteiger partial charge in [-0.05, 0) is 55.9 Å². The molecular weight excluding hydrogens is 284 g/mol.